The normalized spacial score (nSPS) is 28.9. The molecule has 1 aromatic heterocycles. The lowest BCUT2D eigenvalue weighted by Crippen LogP contribution is -2.62. The molecule has 2 aromatic rings. The summed E-state index contributed by atoms with van der Waals surface area (Å²) in [5.41, 5.74) is -0.610. The van der Waals surface area contributed by atoms with Crippen LogP contribution < -0.4 is 5.32 Å². The average Bonchev–Trinajstić information content (AvgIpc) is 3.29. The van der Waals surface area contributed by atoms with E-state index in [0.29, 0.717) is 12.0 Å². The van der Waals surface area contributed by atoms with Gasteiger partial charge in [-0.2, -0.15) is 0 Å². The van der Waals surface area contributed by atoms with Gasteiger partial charge >= 0.3 is 0 Å². The maximum Gasteiger partial charge on any atom is 0.251 e. The van der Waals surface area contributed by atoms with Crippen LogP contribution in [-0.4, -0.2) is 40.6 Å². The molecule has 1 aliphatic carbocycles. The molecule has 1 saturated heterocycles. The summed E-state index contributed by atoms with van der Waals surface area (Å²) in [4.78, 5) is 16.4. The van der Waals surface area contributed by atoms with Gasteiger partial charge in [-0.3, -0.25) is 9.69 Å². The number of nitrogens with one attached hydrogen (secondary N) is 1. The average molecular weight is 389 g/mol. The number of carbonyl (C=O) groups excluding carboxylic acids is 1. The van der Waals surface area contributed by atoms with Crippen molar-refractivity contribution in [3.8, 4) is 0 Å². The molecule has 3 atom stereocenters. The number of rotatable bonds is 5. The third-order valence-electron chi connectivity index (χ3n) is 5.70. The van der Waals surface area contributed by atoms with Crippen molar-refractivity contribution in [2.45, 2.75) is 43.9 Å². The maximum atomic E-state index is 13.2. The van der Waals surface area contributed by atoms with Crippen LogP contribution >= 0.6 is 11.3 Å². The highest BCUT2D eigenvalue weighted by Crippen LogP contribution is 2.41. The molecule has 2 fully saturated rings. The van der Waals surface area contributed by atoms with Crippen LogP contribution in [0.2, 0.25) is 0 Å². The van der Waals surface area contributed by atoms with Crippen molar-refractivity contribution in [2.24, 2.45) is 5.92 Å². The van der Waals surface area contributed by atoms with Crippen molar-refractivity contribution < 1.29 is 14.3 Å². The number of amides is 1. The van der Waals surface area contributed by atoms with E-state index in [4.69, 9.17) is 0 Å². The van der Waals surface area contributed by atoms with Gasteiger partial charge in [0.1, 0.15) is 5.82 Å². The van der Waals surface area contributed by atoms with Crippen LogP contribution in [0.1, 0.15) is 47.5 Å². The quantitative estimate of drug-likeness (QED) is 0.823. The fourth-order valence-corrected chi connectivity index (χ4v) is 4.81. The van der Waals surface area contributed by atoms with E-state index in [1.165, 1.54) is 37.1 Å². The van der Waals surface area contributed by atoms with E-state index in [2.05, 4.69) is 16.3 Å². The first-order chi connectivity index (χ1) is 12.9. The summed E-state index contributed by atoms with van der Waals surface area (Å²) in [6.45, 7) is 3.62. The Kier molecular flexibility index (Phi) is 5.05. The lowest BCUT2D eigenvalue weighted by atomic mass is 9.81. The van der Waals surface area contributed by atoms with Crippen LogP contribution in [-0.2, 0) is 0 Å². The van der Waals surface area contributed by atoms with E-state index in [-0.39, 0.29) is 17.8 Å². The highest BCUT2D eigenvalue weighted by atomic mass is 32.1. The Balaban J connectivity index is 1.62. The molecule has 2 aliphatic rings. The molecule has 0 bridgehead atoms. The smallest absolute Gasteiger partial charge is 0.251 e. The Morgan fingerprint density at radius 3 is 2.70 bits per heavy atom. The molecule has 4 nitrogen and oxygen atoms in total. The number of halogens is 1. The summed E-state index contributed by atoms with van der Waals surface area (Å²) >= 11 is 1.66. The minimum atomic E-state index is -1.01. The standard InChI is InChI=1S/C21H25FN2O2S/c1-21(26)10-11-24(13-14-4-5-14)18(17-3-2-12-27-17)19(21)23-20(25)15-6-8-16(22)9-7-15/h2-3,6-9,12,14,18-19,26H,4-5,10-11,13H2,1H3,(H,23,25)/t18-,19-,21+/m0/s1. The van der Waals surface area contributed by atoms with Gasteiger partial charge in [0.15, 0.2) is 0 Å². The van der Waals surface area contributed by atoms with Crippen LogP contribution in [0.3, 0.4) is 0 Å². The monoisotopic (exact) mass is 388 g/mol. The number of thiophene rings is 1. The third kappa shape index (κ3) is 4.08. The van der Waals surface area contributed by atoms with Crippen molar-refractivity contribution in [1.29, 1.82) is 0 Å². The van der Waals surface area contributed by atoms with Gasteiger partial charge in [-0.1, -0.05) is 6.07 Å². The molecule has 0 radical (unpaired) electrons. The predicted octanol–water partition coefficient (Wildman–Crippen LogP) is 3.59. The molecule has 0 unspecified atom stereocenters. The zero-order valence-corrected chi connectivity index (χ0v) is 16.2. The van der Waals surface area contributed by atoms with E-state index in [1.807, 2.05) is 11.4 Å². The van der Waals surface area contributed by atoms with Gasteiger partial charge in [0, 0.05) is 23.5 Å². The lowest BCUT2D eigenvalue weighted by molar-refractivity contribution is -0.0641. The van der Waals surface area contributed by atoms with Crippen LogP contribution in [0.4, 0.5) is 4.39 Å². The molecule has 6 heteroatoms. The molecule has 2 heterocycles. The van der Waals surface area contributed by atoms with Gasteiger partial charge in [0.05, 0.1) is 17.7 Å². The summed E-state index contributed by atoms with van der Waals surface area (Å²) in [5.74, 6) is 0.0716. The Bertz CT molecular complexity index is 787. The Hall–Kier alpha value is -1.76. The van der Waals surface area contributed by atoms with Crippen molar-refractivity contribution in [2.75, 3.05) is 13.1 Å². The second-order valence-corrected chi connectivity index (χ2v) is 8.94. The number of aliphatic hydroxyl groups is 1. The summed E-state index contributed by atoms with van der Waals surface area (Å²) in [7, 11) is 0. The maximum absolute atomic E-state index is 13.2. The Morgan fingerprint density at radius 1 is 1.33 bits per heavy atom. The minimum Gasteiger partial charge on any atom is -0.388 e. The van der Waals surface area contributed by atoms with E-state index < -0.39 is 11.6 Å². The second kappa shape index (κ2) is 7.34. The van der Waals surface area contributed by atoms with E-state index in [1.54, 1.807) is 18.3 Å². The van der Waals surface area contributed by atoms with Crippen LogP contribution in [0, 0.1) is 11.7 Å². The first-order valence-electron chi connectivity index (χ1n) is 9.50. The molecule has 27 heavy (non-hydrogen) atoms. The second-order valence-electron chi connectivity index (χ2n) is 7.96. The van der Waals surface area contributed by atoms with E-state index in [9.17, 15) is 14.3 Å². The van der Waals surface area contributed by atoms with Crippen molar-refractivity contribution >= 4 is 17.2 Å². The van der Waals surface area contributed by atoms with Gasteiger partial charge in [-0.15, -0.1) is 11.3 Å². The van der Waals surface area contributed by atoms with Crippen molar-refractivity contribution in [1.82, 2.24) is 10.2 Å². The van der Waals surface area contributed by atoms with Crippen molar-refractivity contribution in [3.63, 3.8) is 0 Å². The number of hydrogen-bond acceptors (Lipinski definition) is 4. The molecule has 144 valence electrons. The van der Waals surface area contributed by atoms with E-state index in [0.717, 1.165) is 23.9 Å². The van der Waals surface area contributed by atoms with Crippen LogP contribution in [0.15, 0.2) is 41.8 Å². The number of likely N-dealkylation sites (tertiary alicyclic amines) is 1. The van der Waals surface area contributed by atoms with Crippen molar-refractivity contribution in [3.05, 3.63) is 58.0 Å². The molecular formula is C21H25FN2O2S. The van der Waals surface area contributed by atoms with E-state index >= 15 is 0 Å². The summed E-state index contributed by atoms with van der Waals surface area (Å²) in [5, 5.41) is 16.2. The number of carbonyl (C=O) groups is 1. The summed E-state index contributed by atoms with van der Waals surface area (Å²) < 4.78 is 13.2. The Morgan fingerprint density at radius 2 is 2.07 bits per heavy atom. The molecule has 1 aromatic carbocycles. The van der Waals surface area contributed by atoms with Gasteiger partial charge in [-0.25, -0.2) is 4.39 Å². The molecule has 1 saturated carbocycles. The van der Waals surface area contributed by atoms with Crippen LogP contribution in [0.5, 0.6) is 0 Å². The number of benzene rings is 1. The highest BCUT2D eigenvalue weighted by Gasteiger charge is 2.47. The SMILES string of the molecule is C[C@@]1(O)CCN(CC2CC2)[C@@H](c2cccs2)[C@@H]1NC(=O)c1ccc(F)cc1. The minimum absolute atomic E-state index is 0.0567. The lowest BCUT2D eigenvalue weighted by Gasteiger charge is -2.48. The zero-order chi connectivity index (χ0) is 19.0. The number of nitrogens with zero attached hydrogens (tertiary/aromatic N) is 1. The first-order valence-corrected chi connectivity index (χ1v) is 10.4. The largest absolute Gasteiger partial charge is 0.388 e. The first kappa shape index (κ1) is 18.6. The summed E-state index contributed by atoms with van der Waals surface area (Å²) in [6.07, 6.45) is 3.13. The van der Waals surface area contributed by atoms with Gasteiger partial charge in [0.25, 0.3) is 5.91 Å². The molecule has 4 rings (SSSR count). The molecule has 1 aliphatic heterocycles. The fraction of sp³-hybridized carbons (Fsp3) is 0.476. The zero-order valence-electron chi connectivity index (χ0n) is 15.4. The number of piperidine rings is 1. The van der Waals surface area contributed by atoms with Gasteiger partial charge in [-0.05, 0) is 67.8 Å². The Labute approximate surface area is 163 Å². The number of hydrogen-bond donors (Lipinski definition) is 2. The molecular weight excluding hydrogens is 363 g/mol. The van der Waals surface area contributed by atoms with Crippen LogP contribution in [0.25, 0.3) is 0 Å². The molecule has 2 N–H and O–H groups in total. The van der Waals surface area contributed by atoms with Gasteiger partial charge < -0.3 is 10.4 Å². The molecule has 1 amide bonds. The predicted molar refractivity (Wildman–Crippen MR) is 104 cm³/mol. The third-order valence-corrected chi connectivity index (χ3v) is 6.64. The highest BCUT2D eigenvalue weighted by molar-refractivity contribution is 7.10. The summed E-state index contributed by atoms with van der Waals surface area (Å²) in [6, 6.07) is 9.12. The fourth-order valence-electron chi connectivity index (χ4n) is 3.92. The topological polar surface area (TPSA) is 52.6 Å². The van der Waals surface area contributed by atoms with Gasteiger partial charge in [0.2, 0.25) is 0 Å². The molecule has 0 spiro atoms.